The van der Waals surface area contributed by atoms with Crippen LogP contribution in [0.5, 0.6) is 0 Å². The molecule has 8 nitrogen and oxygen atoms in total. The number of benzene rings is 1. The molecule has 3 rings (SSSR count). The highest BCUT2D eigenvalue weighted by Crippen LogP contribution is 2.18. The maximum atomic E-state index is 10.9. The number of rotatable bonds is 1. The van der Waals surface area contributed by atoms with Crippen LogP contribution >= 0.6 is 0 Å². The second kappa shape index (κ2) is 3.11. The molecule has 0 unspecified atom stereocenters. The fourth-order valence-electron chi connectivity index (χ4n) is 1.61. The van der Waals surface area contributed by atoms with E-state index < -0.39 is 5.97 Å². The van der Waals surface area contributed by atoms with E-state index in [-0.39, 0.29) is 11.4 Å². The molecule has 2 heterocycles. The Morgan fingerprint density at radius 3 is 3.00 bits per heavy atom. The molecule has 0 fully saturated rings. The molecule has 0 aliphatic heterocycles. The molecule has 0 radical (unpaired) electrons. The highest BCUT2D eigenvalue weighted by atomic mass is 16.4. The van der Waals surface area contributed by atoms with Crippen LogP contribution in [0.15, 0.2) is 18.2 Å². The minimum Gasteiger partial charge on any atom is -0.478 e. The van der Waals surface area contributed by atoms with Gasteiger partial charge < -0.3 is 10.8 Å². The number of nitrogens with zero attached hydrogens (tertiary/aromatic N) is 5. The van der Waals surface area contributed by atoms with Crippen molar-refractivity contribution in [1.82, 2.24) is 25.0 Å². The maximum Gasteiger partial charge on any atom is 0.335 e. The Bertz CT molecular complexity index is 750. The summed E-state index contributed by atoms with van der Waals surface area (Å²) in [4.78, 5) is 15.0. The lowest BCUT2D eigenvalue weighted by Gasteiger charge is -2.02. The summed E-state index contributed by atoms with van der Waals surface area (Å²) in [5.41, 5.74) is 7.15. The van der Waals surface area contributed by atoms with E-state index >= 15 is 0 Å². The van der Waals surface area contributed by atoms with Gasteiger partial charge in [-0.1, -0.05) is 0 Å². The highest BCUT2D eigenvalue weighted by molar-refractivity contribution is 5.93. The number of carbonyl (C=O) groups is 1. The average Bonchev–Trinajstić information content (AvgIpc) is 2.78. The van der Waals surface area contributed by atoms with Crippen LogP contribution in [-0.4, -0.2) is 36.1 Å². The minimum atomic E-state index is -1.02. The lowest BCUT2D eigenvalue weighted by atomic mass is 10.2. The topological polar surface area (TPSA) is 119 Å². The molecule has 0 aliphatic carbocycles. The predicted octanol–water partition coefficient (Wildman–Crippen LogP) is -0.0471. The normalized spacial score (nSPS) is 11.1. The first-order valence-electron chi connectivity index (χ1n) is 4.67. The summed E-state index contributed by atoms with van der Waals surface area (Å²) in [5.74, 6) is -0.824. The van der Waals surface area contributed by atoms with E-state index in [2.05, 4.69) is 20.5 Å². The number of carboxylic acids is 1. The van der Waals surface area contributed by atoms with Crippen molar-refractivity contribution in [3.63, 3.8) is 0 Å². The molecular formula is C9H6N6O2. The molecule has 3 aromatic rings. The third-order valence-corrected chi connectivity index (χ3v) is 2.39. The van der Waals surface area contributed by atoms with E-state index in [0.717, 1.165) is 0 Å². The number of nitrogen functional groups attached to an aromatic ring is 1. The van der Waals surface area contributed by atoms with Gasteiger partial charge in [0, 0.05) is 0 Å². The number of nitrogens with two attached hydrogens (primary N) is 1. The summed E-state index contributed by atoms with van der Waals surface area (Å²) in [6.45, 7) is 0. The zero-order valence-electron chi connectivity index (χ0n) is 8.40. The first-order chi connectivity index (χ1) is 8.16. The Hall–Kier alpha value is -2.77. The molecular weight excluding hydrogens is 224 g/mol. The van der Waals surface area contributed by atoms with Crippen molar-refractivity contribution in [3.8, 4) is 0 Å². The van der Waals surface area contributed by atoms with E-state index in [1.165, 1.54) is 16.6 Å². The zero-order chi connectivity index (χ0) is 12.0. The van der Waals surface area contributed by atoms with Crippen LogP contribution in [0, 0.1) is 0 Å². The van der Waals surface area contributed by atoms with Crippen molar-refractivity contribution < 1.29 is 9.90 Å². The van der Waals surface area contributed by atoms with Gasteiger partial charge in [0.15, 0.2) is 5.82 Å². The Balaban J connectivity index is 2.48. The van der Waals surface area contributed by atoms with Gasteiger partial charge in [0.05, 0.1) is 16.6 Å². The Kier molecular flexibility index (Phi) is 1.73. The van der Waals surface area contributed by atoms with E-state index in [1.807, 2.05) is 0 Å². The van der Waals surface area contributed by atoms with Gasteiger partial charge in [0.2, 0.25) is 5.65 Å². The van der Waals surface area contributed by atoms with Crippen molar-refractivity contribution in [1.29, 1.82) is 0 Å². The Morgan fingerprint density at radius 2 is 2.24 bits per heavy atom. The number of hydrogen-bond acceptors (Lipinski definition) is 6. The molecule has 0 saturated heterocycles. The zero-order valence-corrected chi connectivity index (χ0v) is 8.40. The van der Waals surface area contributed by atoms with E-state index in [0.29, 0.717) is 16.7 Å². The standard InChI is InChI=1S/C9H6N6O2/c10-7-8-12-13-14-15(8)6-3-4(9(16)17)1-2-5(6)11-7/h1-3H,(H2,10,11)(H,16,17). The molecule has 84 valence electrons. The SMILES string of the molecule is Nc1nc2ccc(C(=O)O)cc2n2nnnc12. The first-order valence-corrected chi connectivity index (χ1v) is 4.67. The van der Waals surface area contributed by atoms with Crippen LogP contribution in [0.25, 0.3) is 16.7 Å². The van der Waals surface area contributed by atoms with E-state index in [4.69, 9.17) is 10.8 Å². The number of carboxylic acid groups (broad SMARTS) is 1. The van der Waals surface area contributed by atoms with Crippen LogP contribution in [0.1, 0.15) is 10.4 Å². The van der Waals surface area contributed by atoms with Crippen molar-refractivity contribution in [2.24, 2.45) is 0 Å². The summed E-state index contributed by atoms with van der Waals surface area (Å²) < 4.78 is 1.37. The fourth-order valence-corrected chi connectivity index (χ4v) is 1.61. The predicted molar refractivity (Wildman–Crippen MR) is 57.5 cm³/mol. The van der Waals surface area contributed by atoms with E-state index in [9.17, 15) is 4.79 Å². The molecule has 0 atom stereocenters. The highest BCUT2D eigenvalue weighted by Gasteiger charge is 2.11. The lowest BCUT2D eigenvalue weighted by Crippen LogP contribution is -2.02. The molecule has 0 amide bonds. The molecule has 0 saturated carbocycles. The summed E-state index contributed by atoms with van der Waals surface area (Å²) in [6.07, 6.45) is 0. The van der Waals surface area contributed by atoms with Crippen LogP contribution in [0.3, 0.4) is 0 Å². The van der Waals surface area contributed by atoms with Crippen LogP contribution in [0.2, 0.25) is 0 Å². The third-order valence-electron chi connectivity index (χ3n) is 2.39. The number of fused-ring (bicyclic) bond motifs is 3. The lowest BCUT2D eigenvalue weighted by molar-refractivity contribution is 0.0697. The van der Waals surface area contributed by atoms with Gasteiger partial charge in [0.25, 0.3) is 0 Å². The summed E-state index contributed by atoms with van der Waals surface area (Å²) in [7, 11) is 0. The first kappa shape index (κ1) is 9.46. The smallest absolute Gasteiger partial charge is 0.335 e. The number of anilines is 1. The van der Waals surface area contributed by atoms with Crippen molar-refractivity contribution in [2.75, 3.05) is 5.73 Å². The number of tetrazole rings is 1. The molecule has 1 aromatic carbocycles. The monoisotopic (exact) mass is 230 g/mol. The van der Waals surface area contributed by atoms with Crippen molar-refractivity contribution >= 4 is 28.5 Å². The van der Waals surface area contributed by atoms with Gasteiger partial charge in [-0.25, -0.2) is 9.78 Å². The van der Waals surface area contributed by atoms with E-state index in [1.54, 1.807) is 6.07 Å². The van der Waals surface area contributed by atoms with Gasteiger partial charge in [-0.2, -0.15) is 4.52 Å². The van der Waals surface area contributed by atoms with Gasteiger partial charge in [-0.15, -0.1) is 5.10 Å². The quantitative estimate of drug-likeness (QED) is 0.601. The summed E-state index contributed by atoms with van der Waals surface area (Å²) in [6, 6.07) is 4.47. The Morgan fingerprint density at radius 1 is 1.41 bits per heavy atom. The van der Waals surface area contributed by atoms with Gasteiger partial charge in [-0.05, 0) is 28.6 Å². The third kappa shape index (κ3) is 1.27. The van der Waals surface area contributed by atoms with Crippen molar-refractivity contribution in [3.05, 3.63) is 23.8 Å². The van der Waals surface area contributed by atoms with Gasteiger partial charge in [0.1, 0.15) is 0 Å². The second-order valence-electron chi connectivity index (χ2n) is 3.42. The number of hydrogen-bond donors (Lipinski definition) is 2. The van der Waals surface area contributed by atoms with Crippen LogP contribution in [-0.2, 0) is 0 Å². The number of aromatic carboxylic acids is 1. The minimum absolute atomic E-state index is 0.140. The summed E-state index contributed by atoms with van der Waals surface area (Å²) >= 11 is 0. The molecule has 0 spiro atoms. The fraction of sp³-hybridized carbons (Fsp3) is 0. The summed E-state index contributed by atoms with van der Waals surface area (Å²) in [5, 5.41) is 19.9. The molecule has 0 bridgehead atoms. The molecule has 0 aliphatic rings. The molecule has 8 heteroatoms. The van der Waals surface area contributed by atoms with Gasteiger partial charge >= 0.3 is 5.97 Å². The number of aromatic nitrogens is 5. The molecule has 3 N–H and O–H groups in total. The van der Waals surface area contributed by atoms with Crippen molar-refractivity contribution in [2.45, 2.75) is 0 Å². The van der Waals surface area contributed by atoms with Gasteiger partial charge in [-0.3, -0.25) is 0 Å². The molecule has 2 aromatic heterocycles. The second-order valence-corrected chi connectivity index (χ2v) is 3.42. The largest absolute Gasteiger partial charge is 0.478 e. The average molecular weight is 230 g/mol. The molecule has 17 heavy (non-hydrogen) atoms. The maximum absolute atomic E-state index is 10.9. The van der Waals surface area contributed by atoms with Crippen LogP contribution in [0.4, 0.5) is 5.82 Å². The van der Waals surface area contributed by atoms with Crippen LogP contribution < -0.4 is 5.73 Å². The Labute approximate surface area is 93.7 Å².